The summed E-state index contributed by atoms with van der Waals surface area (Å²) in [5.41, 5.74) is 3.73. The lowest BCUT2D eigenvalue weighted by molar-refractivity contribution is -0.114. The topological polar surface area (TPSA) is 58.2 Å². The Hall–Kier alpha value is -3.66. The maximum absolute atomic E-state index is 12.5. The van der Waals surface area contributed by atoms with Crippen LogP contribution in [0.5, 0.6) is 0 Å². The number of carbonyl (C=O) groups is 2. The van der Waals surface area contributed by atoms with Gasteiger partial charge >= 0.3 is 0 Å². The lowest BCUT2D eigenvalue weighted by Gasteiger charge is -2.23. The van der Waals surface area contributed by atoms with Crippen molar-refractivity contribution in [2.75, 3.05) is 10.6 Å². The molecule has 0 spiro atoms. The van der Waals surface area contributed by atoms with Gasteiger partial charge in [-0.1, -0.05) is 36.4 Å². The molecule has 0 aliphatic heterocycles. The summed E-state index contributed by atoms with van der Waals surface area (Å²) in [5, 5.41) is 6.48. The second kappa shape index (κ2) is 6.69. The van der Waals surface area contributed by atoms with E-state index in [1.807, 2.05) is 60.7 Å². The molecular weight excluding hydrogens is 324 g/mol. The van der Waals surface area contributed by atoms with E-state index in [-0.39, 0.29) is 11.6 Å². The average Bonchev–Trinajstić information content (AvgIpc) is 2.67. The average molecular weight is 340 g/mol. The van der Waals surface area contributed by atoms with E-state index in [2.05, 4.69) is 10.6 Å². The summed E-state index contributed by atoms with van der Waals surface area (Å²) in [6, 6.07) is 19.1. The highest BCUT2D eigenvalue weighted by Crippen LogP contribution is 2.31. The van der Waals surface area contributed by atoms with E-state index in [4.69, 9.17) is 0 Å². The SMILES string of the molecule is O=C1C=CC(Nc2ccccc2)=C2C(=O)C=CC(Nc3ccccc3)=C12. The minimum Gasteiger partial charge on any atom is -0.355 e. The van der Waals surface area contributed by atoms with Crippen LogP contribution in [0.4, 0.5) is 11.4 Å². The van der Waals surface area contributed by atoms with Crippen LogP contribution in [-0.4, -0.2) is 11.6 Å². The first-order valence-electron chi connectivity index (χ1n) is 8.30. The molecular formula is C22H16N2O2. The van der Waals surface area contributed by atoms with Crippen molar-refractivity contribution in [3.05, 3.63) is 108 Å². The molecule has 0 saturated heterocycles. The number of para-hydroxylation sites is 2. The molecule has 4 heteroatoms. The minimum atomic E-state index is -0.185. The van der Waals surface area contributed by atoms with Crippen molar-refractivity contribution in [1.82, 2.24) is 0 Å². The van der Waals surface area contributed by atoms with Gasteiger partial charge in [0.05, 0.1) is 22.5 Å². The van der Waals surface area contributed by atoms with Gasteiger partial charge in [-0.15, -0.1) is 0 Å². The fourth-order valence-corrected chi connectivity index (χ4v) is 2.99. The largest absolute Gasteiger partial charge is 0.355 e. The van der Waals surface area contributed by atoms with Gasteiger partial charge in [0.15, 0.2) is 11.6 Å². The van der Waals surface area contributed by atoms with Gasteiger partial charge in [-0.3, -0.25) is 9.59 Å². The Labute approximate surface area is 151 Å². The van der Waals surface area contributed by atoms with Crippen LogP contribution in [-0.2, 0) is 9.59 Å². The highest BCUT2D eigenvalue weighted by molar-refractivity contribution is 6.23. The van der Waals surface area contributed by atoms with Crippen molar-refractivity contribution in [1.29, 1.82) is 0 Å². The summed E-state index contributed by atoms with van der Waals surface area (Å²) >= 11 is 0. The van der Waals surface area contributed by atoms with Crippen LogP contribution in [0.3, 0.4) is 0 Å². The van der Waals surface area contributed by atoms with Crippen LogP contribution < -0.4 is 10.6 Å². The van der Waals surface area contributed by atoms with Crippen molar-refractivity contribution in [2.45, 2.75) is 0 Å². The molecule has 2 aliphatic rings. The molecule has 26 heavy (non-hydrogen) atoms. The predicted octanol–water partition coefficient (Wildman–Crippen LogP) is 4.00. The Morgan fingerprint density at radius 2 is 0.885 bits per heavy atom. The van der Waals surface area contributed by atoms with E-state index in [1.54, 1.807) is 12.2 Å². The first kappa shape index (κ1) is 15.8. The summed E-state index contributed by atoms with van der Waals surface area (Å²) in [6.45, 7) is 0. The number of anilines is 2. The number of ketones is 2. The molecule has 0 amide bonds. The van der Waals surface area contributed by atoms with Crippen LogP contribution >= 0.6 is 0 Å². The zero-order chi connectivity index (χ0) is 17.9. The van der Waals surface area contributed by atoms with Crippen LogP contribution in [0, 0.1) is 0 Å². The molecule has 0 aromatic heterocycles. The van der Waals surface area contributed by atoms with Crippen LogP contribution in [0.2, 0.25) is 0 Å². The maximum Gasteiger partial charge on any atom is 0.188 e. The predicted molar refractivity (Wildman–Crippen MR) is 102 cm³/mol. The van der Waals surface area contributed by atoms with E-state index < -0.39 is 0 Å². The summed E-state index contributed by atoms with van der Waals surface area (Å²) < 4.78 is 0. The number of hydrogen-bond acceptors (Lipinski definition) is 4. The number of fused-ring (bicyclic) bond motifs is 1. The molecule has 2 aromatic rings. The Balaban J connectivity index is 1.78. The van der Waals surface area contributed by atoms with Gasteiger partial charge in [-0.05, 0) is 48.6 Å². The number of hydrogen-bond donors (Lipinski definition) is 2. The Morgan fingerprint density at radius 1 is 0.500 bits per heavy atom. The third kappa shape index (κ3) is 3.00. The molecule has 0 saturated carbocycles. The van der Waals surface area contributed by atoms with Crippen LogP contribution in [0.15, 0.2) is 108 Å². The van der Waals surface area contributed by atoms with Crippen molar-refractivity contribution < 1.29 is 9.59 Å². The molecule has 0 atom stereocenters. The smallest absolute Gasteiger partial charge is 0.188 e. The summed E-state index contributed by atoms with van der Waals surface area (Å²) in [6.07, 6.45) is 6.29. The lowest BCUT2D eigenvalue weighted by Crippen LogP contribution is -2.24. The van der Waals surface area contributed by atoms with Gasteiger partial charge in [0.1, 0.15) is 0 Å². The highest BCUT2D eigenvalue weighted by Gasteiger charge is 2.30. The quantitative estimate of drug-likeness (QED) is 0.883. The van der Waals surface area contributed by atoms with Gasteiger partial charge in [-0.2, -0.15) is 0 Å². The van der Waals surface area contributed by atoms with E-state index >= 15 is 0 Å². The first-order chi connectivity index (χ1) is 12.7. The number of nitrogens with one attached hydrogen (secondary N) is 2. The summed E-state index contributed by atoms with van der Waals surface area (Å²) in [5.74, 6) is -0.371. The third-order valence-corrected chi connectivity index (χ3v) is 4.19. The fraction of sp³-hybridized carbons (Fsp3) is 0. The van der Waals surface area contributed by atoms with Gasteiger partial charge in [0.25, 0.3) is 0 Å². The maximum atomic E-state index is 12.5. The van der Waals surface area contributed by atoms with Gasteiger partial charge in [0, 0.05) is 11.4 Å². The standard InChI is InChI=1S/C22H16N2O2/c25-19-14-12-18(24-16-9-5-2-6-10-16)22-20(26)13-11-17(21(19)22)23-15-7-3-1-4-8-15/h1-14,23-24H. The molecule has 4 nitrogen and oxygen atoms in total. The Morgan fingerprint density at radius 3 is 1.27 bits per heavy atom. The minimum absolute atomic E-state index is 0.185. The molecule has 2 aromatic carbocycles. The number of rotatable bonds is 4. The number of benzene rings is 2. The number of carbonyl (C=O) groups excluding carboxylic acids is 2. The normalized spacial score (nSPS) is 16.0. The number of allylic oxidation sites excluding steroid dienone is 6. The van der Waals surface area contributed by atoms with Gasteiger partial charge < -0.3 is 10.6 Å². The van der Waals surface area contributed by atoms with Crippen molar-refractivity contribution in [3.8, 4) is 0 Å². The molecule has 2 aliphatic carbocycles. The first-order valence-corrected chi connectivity index (χ1v) is 8.30. The molecule has 126 valence electrons. The van der Waals surface area contributed by atoms with E-state index in [0.29, 0.717) is 22.5 Å². The molecule has 0 unspecified atom stereocenters. The zero-order valence-corrected chi connectivity index (χ0v) is 13.9. The third-order valence-electron chi connectivity index (χ3n) is 4.19. The lowest BCUT2D eigenvalue weighted by atomic mass is 9.86. The fourth-order valence-electron chi connectivity index (χ4n) is 2.99. The molecule has 0 radical (unpaired) electrons. The van der Waals surface area contributed by atoms with Gasteiger partial charge in [-0.25, -0.2) is 0 Å². The van der Waals surface area contributed by atoms with E-state index in [1.165, 1.54) is 12.2 Å². The second-order valence-corrected chi connectivity index (χ2v) is 5.95. The van der Waals surface area contributed by atoms with Gasteiger partial charge in [0.2, 0.25) is 0 Å². The summed E-state index contributed by atoms with van der Waals surface area (Å²) in [4.78, 5) is 25.1. The molecule has 0 bridgehead atoms. The zero-order valence-electron chi connectivity index (χ0n) is 13.9. The highest BCUT2D eigenvalue weighted by atomic mass is 16.1. The molecule has 4 rings (SSSR count). The molecule has 0 heterocycles. The van der Waals surface area contributed by atoms with Crippen molar-refractivity contribution in [2.24, 2.45) is 0 Å². The van der Waals surface area contributed by atoms with E-state index in [0.717, 1.165) is 11.4 Å². The second-order valence-electron chi connectivity index (χ2n) is 5.95. The Bertz CT molecular complexity index is 913. The van der Waals surface area contributed by atoms with E-state index in [9.17, 15) is 9.59 Å². The van der Waals surface area contributed by atoms with Crippen molar-refractivity contribution in [3.63, 3.8) is 0 Å². The summed E-state index contributed by atoms with van der Waals surface area (Å²) in [7, 11) is 0. The van der Waals surface area contributed by atoms with Crippen LogP contribution in [0.1, 0.15) is 0 Å². The molecule has 0 fully saturated rings. The van der Waals surface area contributed by atoms with Crippen molar-refractivity contribution >= 4 is 22.9 Å². The Kier molecular flexibility index (Phi) is 4.07. The van der Waals surface area contributed by atoms with Crippen LogP contribution in [0.25, 0.3) is 0 Å². The molecule has 2 N–H and O–H groups in total. The monoisotopic (exact) mass is 340 g/mol.